The second-order valence-corrected chi connectivity index (χ2v) is 20.4. The lowest BCUT2D eigenvalue weighted by atomic mass is 9.84. The van der Waals surface area contributed by atoms with Crippen LogP contribution >= 0.6 is 0 Å². The number of hydrogen-bond acceptors (Lipinski definition) is 5. The zero-order valence-corrected chi connectivity index (χ0v) is 24.1. The first-order chi connectivity index (χ1) is 13.4. The maximum atomic E-state index is 12.8. The second kappa shape index (κ2) is 11.6. The highest BCUT2D eigenvalue weighted by Gasteiger charge is 2.41. The molecule has 6 nitrogen and oxygen atoms in total. The van der Waals surface area contributed by atoms with Crippen LogP contribution < -0.4 is 0 Å². The second-order valence-electron chi connectivity index (χ2n) is 11.1. The van der Waals surface area contributed by atoms with Crippen molar-refractivity contribution in [1.82, 2.24) is 5.06 Å². The molecule has 0 aliphatic heterocycles. The van der Waals surface area contributed by atoms with Crippen molar-refractivity contribution in [2.45, 2.75) is 91.5 Å². The SMILES string of the molecule is CO[C@@H]([C@@H](C)[C@@H](O[Si](C)(C)C)[C@H](C)C(=O)N(C)OC)[C@H](C)CO[Si](C)(C)C(C)(C)C. The first-order valence-electron chi connectivity index (χ1n) is 11.1. The summed E-state index contributed by atoms with van der Waals surface area (Å²) in [5.74, 6) is -0.242. The number of ether oxygens (including phenoxy) is 1. The molecule has 5 atom stereocenters. The number of methoxy groups -OCH3 is 1. The van der Waals surface area contributed by atoms with Crippen LogP contribution in [-0.2, 0) is 23.2 Å². The van der Waals surface area contributed by atoms with Crippen LogP contribution in [0.1, 0.15) is 41.5 Å². The highest BCUT2D eigenvalue weighted by Crippen LogP contribution is 2.37. The summed E-state index contributed by atoms with van der Waals surface area (Å²) in [7, 11) is 1.14. The van der Waals surface area contributed by atoms with E-state index in [9.17, 15) is 4.79 Å². The third kappa shape index (κ3) is 8.71. The van der Waals surface area contributed by atoms with Crippen molar-refractivity contribution in [3.05, 3.63) is 0 Å². The van der Waals surface area contributed by atoms with Crippen molar-refractivity contribution in [2.75, 3.05) is 27.9 Å². The van der Waals surface area contributed by atoms with Gasteiger partial charge in [-0.15, -0.1) is 0 Å². The molecule has 0 aromatic heterocycles. The van der Waals surface area contributed by atoms with Crippen LogP contribution in [0.4, 0.5) is 0 Å². The van der Waals surface area contributed by atoms with Gasteiger partial charge >= 0.3 is 0 Å². The van der Waals surface area contributed by atoms with E-state index >= 15 is 0 Å². The van der Waals surface area contributed by atoms with Crippen LogP contribution in [0.2, 0.25) is 37.8 Å². The highest BCUT2D eigenvalue weighted by atomic mass is 28.4. The molecule has 0 aliphatic rings. The van der Waals surface area contributed by atoms with Gasteiger partial charge in [0.2, 0.25) is 0 Å². The fraction of sp³-hybridized carbons (Fsp3) is 0.955. The lowest BCUT2D eigenvalue weighted by Gasteiger charge is -2.41. The predicted octanol–water partition coefficient (Wildman–Crippen LogP) is 5.17. The fourth-order valence-corrected chi connectivity index (χ4v) is 5.74. The molecule has 0 aromatic rings. The van der Waals surface area contributed by atoms with Crippen molar-refractivity contribution < 1.29 is 23.2 Å². The van der Waals surface area contributed by atoms with E-state index in [2.05, 4.69) is 67.4 Å². The molecule has 180 valence electrons. The Hall–Kier alpha value is -0.256. The largest absolute Gasteiger partial charge is 0.416 e. The number of carbonyl (C=O) groups excluding carboxylic acids is 1. The highest BCUT2D eigenvalue weighted by molar-refractivity contribution is 6.74. The van der Waals surface area contributed by atoms with E-state index in [1.165, 1.54) is 12.2 Å². The maximum absolute atomic E-state index is 12.8. The minimum Gasteiger partial charge on any atom is -0.416 e. The molecule has 0 fully saturated rings. The van der Waals surface area contributed by atoms with Gasteiger partial charge in [0.25, 0.3) is 5.91 Å². The number of amides is 1. The first-order valence-corrected chi connectivity index (χ1v) is 17.4. The van der Waals surface area contributed by atoms with Gasteiger partial charge < -0.3 is 13.6 Å². The van der Waals surface area contributed by atoms with Gasteiger partial charge in [-0.3, -0.25) is 9.63 Å². The summed E-state index contributed by atoms with van der Waals surface area (Å²) >= 11 is 0. The molecule has 0 bridgehead atoms. The van der Waals surface area contributed by atoms with Crippen LogP contribution in [0.3, 0.4) is 0 Å². The minimum atomic E-state index is -1.89. The summed E-state index contributed by atoms with van der Waals surface area (Å²) in [5, 5.41) is 1.44. The fourth-order valence-electron chi connectivity index (χ4n) is 3.39. The number of hydroxylamine groups is 2. The molecule has 8 heteroatoms. The number of rotatable bonds is 12. The van der Waals surface area contributed by atoms with Gasteiger partial charge in [0, 0.05) is 32.6 Å². The zero-order chi connectivity index (χ0) is 24.1. The van der Waals surface area contributed by atoms with Crippen LogP contribution in [0.5, 0.6) is 0 Å². The van der Waals surface area contributed by atoms with Gasteiger partial charge in [-0.25, -0.2) is 5.06 Å². The Morgan fingerprint density at radius 3 is 1.83 bits per heavy atom. The monoisotopic (exact) mass is 463 g/mol. The van der Waals surface area contributed by atoms with E-state index in [-0.39, 0.29) is 40.9 Å². The van der Waals surface area contributed by atoms with E-state index in [0.29, 0.717) is 6.61 Å². The quantitative estimate of drug-likeness (QED) is 0.295. The van der Waals surface area contributed by atoms with Gasteiger partial charge in [0.05, 0.1) is 25.2 Å². The molecule has 0 rings (SSSR count). The van der Waals surface area contributed by atoms with Gasteiger partial charge in [-0.2, -0.15) is 0 Å². The Balaban J connectivity index is 5.59. The summed E-state index contributed by atoms with van der Waals surface area (Å²) in [6.07, 6.45) is -0.346. The molecule has 0 aromatic carbocycles. The van der Waals surface area contributed by atoms with Crippen LogP contribution in [-0.4, -0.2) is 67.7 Å². The van der Waals surface area contributed by atoms with Gasteiger partial charge in [-0.1, -0.05) is 41.5 Å². The van der Waals surface area contributed by atoms with Crippen molar-refractivity contribution >= 4 is 22.5 Å². The zero-order valence-electron chi connectivity index (χ0n) is 22.1. The van der Waals surface area contributed by atoms with Crippen molar-refractivity contribution in [1.29, 1.82) is 0 Å². The Morgan fingerprint density at radius 2 is 1.47 bits per heavy atom. The van der Waals surface area contributed by atoms with E-state index < -0.39 is 16.6 Å². The van der Waals surface area contributed by atoms with E-state index in [1.807, 2.05) is 6.92 Å². The minimum absolute atomic E-state index is 0.0175. The molecule has 0 saturated carbocycles. The maximum Gasteiger partial charge on any atom is 0.251 e. The Bertz CT molecular complexity index is 531. The Morgan fingerprint density at radius 1 is 0.967 bits per heavy atom. The first kappa shape index (κ1) is 29.7. The summed E-state index contributed by atoms with van der Waals surface area (Å²) < 4.78 is 18.9. The lowest BCUT2D eigenvalue weighted by Crippen LogP contribution is -2.50. The molecule has 30 heavy (non-hydrogen) atoms. The molecule has 0 saturated heterocycles. The molecule has 0 aliphatic carbocycles. The van der Waals surface area contributed by atoms with Crippen molar-refractivity contribution in [3.63, 3.8) is 0 Å². The summed E-state index contributed by atoms with van der Waals surface area (Å²) in [4.78, 5) is 18.0. The third-order valence-corrected chi connectivity index (χ3v) is 11.8. The molecule has 0 heterocycles. The normalized spacial score (nSPS) is 18.5. The molecule has 1 amide bonds. The molecule has 0 radical (unpaired) electrons. The summed E-state index contributed by atoms with van der Waals surface area (Å²) in [5.41, 5.74) is 0. The van der Waals surface area contributed by atoms with Gasteiger partial charge in [0.1, 0.15) is 0 Å². The van der Waals surface area contributed by atoms with E-state index in [4.69, 9.17) is 18.4 Å². The van der Waals surface area contributed by atoms with Crippen LogP contribution in [0.25, 0.3) is 0 Å². The Labute approximate surface area is 188 Å². The summed E-state index contributed by atoms with van der Waals surface area (Å²) in [6, 6.07) is 0. The topological polar surface area (TPSA) is 57.2 Å². The molecule has 0 unspecified atom stereocenters. The van der Waals surface area contributed by atoms with Crippen molar-refractivity contribution in [3.8, 4) is 0 Å². The van der Waals surface area contributed by atoms with Crippen LogP contribution in [0, 0.1) is 17.8 Å². The third-order valence-electron chi connectivity index (χ3n) is 6.34. The lowest BCUT2D eigenvalue weighted by molar-refractivity contribution is -0.178. The Kier molecular flexibility index (Phi) is 11.5. The van der Waals surface area contributed by atoms with Gasteiger partial charge in [0.15, 0.2) is 16.6 Å². The van der Waals surface area contributed by atoms with Gasteiger partial charge in [-0.05, 0) is 37.8 Å². The smallest absolute Gasteiger partial charge is 0.251 e. The average Bonchev–Trinajstić information content (AvgIpc) is 2.61. The number of hydrogen-bond donors (Lipinski definition) is 0. The van der Waals surface area contributed by atoms with Crippen molar-refractivity contribution in [2.24, 2.45) is 17.8 Å². The molecule has 0 spiro atoms. The van der Waals surface area contributed by atoms with Crippen LogP contribution in [0.15, 0.2) is 0 Å². The molecular weight excluding hydrogens is 414 g/mol. The molecular formula is C22H49NO5Si2. The van der Waals surface area contributed by atoms with E-state index in [1.54, 1.807) is 14.2 Å². The average molecular weight is 464 g/mol. The number of carbonyl (C=O) groups is 1. The standard InChI is InChI=1S/C22H49NO5Si2/c1-16(15-27-30(13,14)22(4,5)6)19(25-8)17(2)20(28-29(10,11)12)18(3)21(24)23(7)26-9/h16-20H,15H2,1-14H3/t16-,17-,18+,19-,20-/m1/s1. The number of nitrogens with zero attached hydrogens (tertiary/aromatic N) is 1. The molecule has 0 N–H and O–H groups in total. The summed E-state index contributed by atoms with van der Waals surface area (Å²) in [6.45, 7) is 24.6. The van der Waals surface area contributed by atoms with E-state index in [0.717, 1.165) is 0 Å². The predicted molar refractivity (Wildman–Crippen MR) is 129 cm³/mol.